The minimum Gasteiger partial charge on any atom is -0.507 e. The number of nitrogens with two attached hydrogens (primary N) is 1. The molecule has 1 heterocycles. The molecule has 0 spiro atoms. The van der Waals surface area contributed by atoms with Crippen molar-refractivity contribution in [2.75, 3.05) is 0 Å². The van der Waals surface area contributed by atoms with E-state index in [0.717, 1.165) is 0 Å². The Kier molecular flexibility index (Phi) is 2.32. The lowest BCUT2D eigenvalue weighted by molar-refractivity contribution is 0.0748. The molecule has 5 N–H and O–H groups in total. The molecule has 0 atom stereocenters. The minimum atomic E-state index is -1.22. The maximum atomic E-state index is 10.0. The number of rotatable bonds is 1. The Balaban J connectivity index is 2.91. The van der Waals surface area contributed by atoms with Gasteiger partial charge in [0, 0.05) is 0 Å². The number of phenols is 1. The van der Waals surface area contributed by atoms with E-state index >= 15 is 0 Å². The topological polar surface area (TPSA) is 108 Å². The van der Waals surface area contributed by atoms with Crippen molar-refractivity contribution in [1.29, 1.82) is 5.41 Å². The number of hydrogen-bond donors (Lipinski definition) is 4. The number of aliphatic hydroxyl groups is 1. The largest absolute Gasteiger partial charge is 0.507 e. The molecule has 1 aromatic carbocycles. The van der Waals surface area contributed by atoms with Crippen molar-refractivity contribution in [3.05, 3.63) is 23.9 Å². The monoisotopic (exact) mass is 234 g/mol. The molecule has 0 aliphatic rings. The maximum absolute atomic E-state index is 10.0. The van der Waals surface area contributed by atoms with E-state index < -0.39 is 5.60 Å². The first-order valence-electron chi connectivity index (χ1n) is 5.10. The van der Waals surface area contributed by atoms with Crippen molar-refractivity contribution in [2.24, 2.45) is 5.73 Å². The second-order valence-electron chi connectivity index (χ2n) is 4.38. The van der Waals surface area contributed by atoms with Gasteiger partial charge in [-0.2, -0.15) is 5.10 Å². The lowest BCUT2D eigenvalue weighted by Gasteiger charge is -2.14. The fourth-order valence-corrected chi connectivity index (χ4v) is 1.76. The van der Waals surface area contributed by atoms with Gasteiger partial charge in [0.05, 0.1) is 10.9 Å². The van der Waals surface area contributed by atoms with Crippen LogP contribution in [-0.2, 0) is 5.60 Å². The Morgan fingerprint density at radius 1 is 1.47 bits per heavy atom. The number of fused-ring (bicyclic) bond motifs is 1. The van der Waals surface area contributed by atoms with Crippen LogP contribution < -0.4 is 5.73 Å². The molecule has 0 aliphatic heterocycles. The molecule has 0 aliphatic carbocycles. The van der Waals surface area contributed by atoms with Crippen LogP contribution in [0.4, 0.5) is 0 Å². The van der Waals surface area contributed by atoms with Crippen molar-refractivity contribution in [3.63, 3.8) is 0 Å². The fraction of sp³-hybridized carbons (Fsp3) is 0.273. The van der Waals surface area contributed by atoms with Crippen LogP contribution in [0.5, 0.6) is 5.75 Å². The second-order valence-corrected chi connectivity index (χ2v) is 4.38. The molecule has 1 aromatic heterocycles. The number of nitrogens with one attached hydrogen (secondary N) is 1. The molecule has 0 unspecified atom stereocenters. The van der Waals surface area contributed by atoms with Crippen LogP contribution in [0, 0.1) is 5.41 Å². The normalized spacial score (nSPS) is 11.9. The standard InChI is InChI=1S/C11H14N4O2/c1-11(2,17)9-8-6(4-3-5-7(8)16)15(14-9)10(12)13/h3-5,16-17H,1-2H3,(H3,12,13). The van der Waals surface area contributed by atoms with Gasteiger partial charge in [0.25, 0.3) is 0 Å². The molecule has 6 nitrogen and oxygen atoms in total. The summed E-state index contributed by atoms with van der Waals surface area (Å²) in [6.07, 6.45) is 0. The van der Waals surface area contributed by atoms with Crippen molar-refractivity contribution >= 4 is 16.9 Å². The number of aromatic hydroxyl groups is 1. The number of nitrogens with zero attached hydrogens (tertiary/aromatic N) is 2. The SMILES string of the molecule is CC(C)(O)c1nn(C(=N)N)c2cccc(O)c12. The quantitative estimate of drug-likeness (QED) is 0.430. The minimum absolute atomic E-state index is 0.00660. The van der Waals surface area contributed by atoms with Gasteiger partial charge in [-0.05, 0) is 26.0 Å². The van der Waals surface area contributed by atoms with E-state index in [1.807, 2.05) is 0 Å². The van der Waals surface area contributed by atoms with Gasteiger partial charge in [-0.1, -0.05) is 6.07 Å². The second kappa shape index (κ2) is 3.46. The first-order chi connectivity index (χ1) is 7.82. The molecule has 90 valence electrons. The molecular weight excluding hydrogens is 220 g/mol. The average molecular weight is 234 g/mol. The zero-order valence-corrected chi connectivity index (χ0v) is 9.60. The van der Waals surface area contributed by atoms with Crippen LogP contribution in [0.3, 0.4) is 0 Å². The van der Waals surface area contributed by atoms with Gasteiger partial charge < -0.3 is 15.9 Å². The van der Waals surface area contributed by atoms with Crippen LogP contribution in [0.1, 0.15) is 19.5 Å². The van der Waals surface area contributed by atoms with E-state index in [2.05, 4.69) is 5.10 Å². The van der Waals surface area contributed by atoms with Crippen molar-refractivity contribution < 1.29 is 10.2 Å². The molecular formula is C11H14N4O2. The summed E-state index contributed by atoms with van der Waals surface area (Å²) in [4.78, 5) is 0. The Bertz CT molecular complexity index is 595. The van der Waals surface area contributed by atoms with E-state index in [1.54, 1.807) is 26.0 Å². The Morgan fingerprint density at radius 2 is 2.12 bits per heavy atom. The highest BCUT2D eigenvalue weighted by Crippen LogP contribution is 2.33. The van der Waals surface area contributed by atoms with Crippen molar-refractivity contribution in [2.45, 2.75) is 19.4 Å². The van der Waals surface area contributed by atoms with Crippen LogP contribution >= 0.6 is 0 Å². The van der Waals surface area contributed by atoms with Crippen molar-refractivity contribution in [3.8, 4) is 5.75 Å². The van der Waals surface area contributed by atoms with E-state index in [-0.39, 0.29) is 11.7 Å². The van der Waals surface area contributed by atoms with Crippen LogP contribution in [0.15, 0.2) is 18.2 Å². The number of benzene rings is 1. The number of hydrogen-bond acceptors (Lipinski definition) is 4. The van der Waals surface area contributed by atoms with E-state index in [1.165, 1.54) is 10.7 Å². The first kappa shape index (κ1) is 11.4. The highest BCUT2D eigenvalue weighted by atomic mass is 16.3. The predicted molar refractivity (Wildman–Crippen MR) is 64.0 cm³/mol. The molecule has 0 amide bonds. The zero-order chi connectivity index (χ0) is 12.8. The lowest BCUT2D eigenvalue weighted by atomic mass is 10.0. The van der Waals surface area contributed by atoms with Crippen LogP contribution in [0.2, 0.25) is 0 Å². The number of aromatic nitrogens is 2. The molecule has 6 heteroatoms. The van der Waals surface area contributed by atoms with Crippen molar-refractivity contribution in [1.82, 2.24) is 9.78 Å². The third-order valence-electron chi connectivity index (χ3n) is 2.49. The van der Waals surface area contributed by atoms with Gasteiger partial charge >= 0.3 is 0 Å². The van der Waals surface area contributed by atoms with Gasteiger partial charge in [0.2, 0.25) is 5.96 Å². The predicted octanol–water partition coefficient (Wildman–Crippen LogP) is 0.711. The molecule has 2 aromatic rings. The highest BCUT2D eigenvalue weighted by Gasteiger charge is 2.26. The van der Waals surface area contributed by atoms with E-state index in [9.17, 15) is 10.2 Å². The molecule has 0 saturated heterocycles. The van der Waals surface area contributed by atoms with Gasteiger partial charge in [-0.25, -0.2) is 4.68 Å². The summed E-state index contributed by atoms with van der Waals surface area (Å²) in [5.74, 6) is -0.261. The molecule has 0 saturated carbocycles. The first-order valence-corrected chi connectivity index (χ1v) is 5.10. The molecule has 17 heavy (non-hydrogen) atoms. The van der Waals surface area contributed by atoms with Crippen LogP contribution in [0.25, 0.3) is 10.9 Å². The number of phenolic OH excluding ortho intramolecular Hbond substituents is 1. The zero-order valence-electron chi connectivity index (χ0n) is 9.60. The summed E-state index contributed by atoms with van der Waals surface area (Å²) in [6.45, 7) is 3.12. The Morgan fingerprint density at radius 3 is 2.65 bits per heavy atom. The molecule has 0 radical (unpaired) electrons. The van der Waals surface area contributed by atoms with Gasteiger partial charge in [0.15, 0.2) is 0 Å². The summed E-state index contributed by atoms with van der Waals surface area (Å²) < 4.78 is 1.18. The maximum Gasteiger partial charge on any atom is 0.214 e. The summed E-state index contributed by atoms with van der Waals surface area (Å²) in [7, 11) is 0. The summed E-state index contributed by atoms with van der Waals surface area (Å²) in [5.41, 5.74) is 4.97. The van der Waals surface area contributed by atoms with Gasteiger partial charge in [-0.3, -0.25) is 5.41 Å². The third kappa shape index (κ3) is 1.72. The van der Waals surface area contributed by atoms with Gasteiger partial charge in [0.1, 0.15) is 17.0 Å². The fourth-order valence-electron chi connectivity index (χ4n) is 1.76. The lowest BCUT2D eigenvalue weighted by Crippen LogP contribution is -2.23. The van der Waals surface area contributed by atoms with E-state index in [4.69, 9.17) is 11.1 Å². The third-order valence-corrected chi connectivity index (χ3v) is 2.49. The summed E-state index contributed by atoms with van der Waals surface area (Å²) >= 11 is 0. The van der Waals surface area contributed by atoms with Crippen LogP contribution in [-0.4, -0.2) is 26.0 Å². The van der Waals surface area contributed by atoms with E-state index in [0.29, 0.717) is 16.6 Å². The molecule has 0 bridgehead atoms. The molecule has 2 rings (SSSR count). The summed E-state index contributed by atoms with van der Waals surface area (Å²) in [6, 6.07) is 4.81. The molecule has 0 fully saturated rings. The highest BCUT2D eigenvalue weighted by molar-refractivity contribution is 5.95. The average Bonchev–Trinajstić information content (AvgIpc) is 2.57. The summed E-state index contributed by atoms with van der Waals surface area (Å²) in [5, 5.41) is 31.8. The Hall–Kier alpha value is -2.08. The van der Waals surface area contributed by atoms with Gasteiger partial charge in [-0.15, -0.1) is 0 Å². The Labute approximate surface area is 97.8 Å². The smallest absolute Gasteiger partial charge is 0.214 e. The number of nitrogen functional groups attached to an aromatic ring is 1.